The Hall–Kier alpha value is -0.360. The Morgan fingerprint density at radius 2 is 2.06 bits per heavy atom. The first-order valence-electron chi connectivity index (χ1n) is 5.24. The third-order valence-electron chi connectivity index (χ3n) is 2.28. The number of carbonyl (C=O) groups is 1. The van der Waals surface area contributed by atoms with Gasteiger partial charge in [0.1, 0.15) is 6.10 Å². The molecule has 2 atom stereocenters. The minimum atomic E-state index is -0.504. The van der Waals surface area contributed by atoms with Gasteiger partial charge >= 0.3 is 0 Å². The van der Waals surface area contributed by atoms with Crippen molar-refractivity contribution in [2.24, 2.45) is 11.5 Å². The summed E-state index contributed by atoms with van der Waals surface area (Å²) >= 11 is 0. The number of amides is 1. The van der Waals surface area contributed by atoms with E-state index in [2.05, 4.69) is 4.90 Å². The Morgan fingerprint density at radius 1 is 1.50 bits per heavy atom. The number of nitrogens with two attached hydrogens (primary N) is 2. The molecule has 1 amide bonds. The zero-order valence-electron chi connectivity index (χ0n) is 10.1. The average molecular weight is 252 g/mol. The van der Waals surface area contributed by atoms with E-state index in [1.165, 1.54) is 0 Å². The van der Waals surface area contributed by atoms with E-state index in [1.807, 2.05) is 20.8 Å². The van der Waals surface area contributed by atoms with E-state index in [-0.39, 0.29) is 24.0 Å². The van der Waals surface area contributed by atoms with Gasteiger partial charge in [-0.05, 0) is 20.8 Å². The van der Waals surface area contributed by atoms with Crippen LogP contribution in [0.5, 0.6) is 0 Å². The normalized spacial score (nSPS) is 27.2. The third kappa shape index (κ3) is 5.12. The molecular weight excluding hydrogens is 230 g/mol. The van der Waals surface area contributed by atoms with Gasteiger partial charge in [0, 0.05) is 25.2 Å². The van der Waals surface area contributed by atoms with E-state index < -0.39 is 12.0 Å². The van der Waals surface area contributed by atoms with Crippen molar-refractivity contribution in [2.45, 2.75) is 38.5 Å². The molecule has 0 bridgehead atoms. The molecule has 1 aliphatic heterocycles. The monoisotopic (exact) mass is 251 g/mol. The van der Waals surface area contributed by atoms with Crippen LogP contribution in [0.2, 0.25) is 0 Å². The Kier molecular flexibility index (Phi) is 5.69. The fraction of sp³-hybridized carbons (Fsp3) is 0.900. The van der Waals surface area contributed by atoms with Crippen molar-refractivity contribution in [1.29, 1.82) is 0 Å². The van der Waals surface area contributed by atoms with Crippen LogP contribution >= 0.6 is 12.4 Å². The molecule has 1 aliphatic rings. The summed E-state index contributed by atoms with van der Waals surface area (Å²) < 4.78 is 5.44. The van der Waals surface area contributed by atoms with Crippen molar-refractivity contribution < 1.29 is 9.53 Å². The molecule has 6 heteroatoms. The smallest absolute Gasteiger partial charge is 0.247 e. The lowest BCUT2D eigenvalue weighted by atomic mass is 10.1. The first-order valence-corrected chi connectivity index (χ1v) is 5.24. The Morgan fingerprint density at radius 3 is 2.50 bits per heavy atom. The van der Waals surface area contributed by atoms with Crippen molar-refractivity contribution in [3.8, 4) is 0 Å². The Balaban J connectivity index is 0.00000225. The lowest BCUT2D eigenvalue weighted by molar-refractivity contribution is -0.142. The first-order chi connectivity index (χ1) is 6.78. The summed E-state index contributed by atoms with van der Waals surface area (Å²) in [5.41, 5.74) is 10.9. The summed E-state index contributed by atoms with van der Waals surface area (Å²) in [5, 5.41) is 0. The van der Waals surface area contributed by atoms with Crippen LogP contribution in [0.3, 0.4) is 0 Å². The van der Waals surface area contributed by atoms with Gasteiger partial charge in [0.05, 0.1) is 6.10 Å². The summed E-state index contributed by atoms with van der Waals surface area (Å²) in [6, 6.07) is 0. The molecule has 16 heavy (non-hydrogen) atoms. The van der Waals surface area contributed by atoms with E-state index >= 15 is 0 Å². The van der Waals surface area contributed by atoms with E-state index in [1.54, 1.807) is 0 Å². The number of nitrogens with zero attached hydrogens (tertiary/aromatic N) is 1. The van der Waals surface area contributed by atoms with Gasteiger partial charge < -0.3 is 16.2 Å². The average Bonchev–Trinajstić information content (AvgIpc) is 1.99. The van der Waals surface area contributed by atoms with Crippen LogP contribution in [-0.4, -0.2) is 48.2 Å². The second-order valence-electron chi connectivity index (χ2n) is 5.02. The molecule has 0 saturated carbocycles. The zero-order chi connectivity index (χ0) is 11.6. The molecule has 1 unspecified atom stereocenters. The molecule has 0 radical (unpaired) electrons. The lowest BCUT2D eigenvalue weighted by Crippen LogP contribution is -2.56. The predicted octanol–water partition coefficient (Wildman–Crippen LogP) is -0.280. The number of hydrogen-bond acceptors (Lipinski definition) is 4. The molecule has 96 valence electrons. The van der Waals surface area contributed by atoms with Crippen LogP contribution in [0, 0.1) is 0 Å². The van der Waals surface area contributed by atoms with Gasteiger partial charge in [-0.25, -0.2) is 0 Å². The van der Waals surface area contributed by atoms with Crippen molar-refractivity contribution >= 4 is 18.3 Å². The molecular formula is C10H22ClN3O2. The maximum Gasteiger partial charge on any atom is 0.247 e. The van der Waals surface area contributed by atoms with Crippen LogP contribution in [0.15, 0.2) is 0 Å². The summed E-state index contributed by atoms with van der Waals surface area (Å²) in [6.07, 6.45) is -0.477. The maximum absolute atomic E-state index is 11.1. The molecule has 0 aromatic carbocycles. The first kappa shape index (κ1) is 15.6. The van der Waals surface area contributed by atoms with Crippen LogP contribution in [0.4, 0.5) is 0 Å². The maximum atomic E-state index is 11.1. The second-order valence-corrected chi connectivity index (χ2v) is 5.02. The van der Waals surface area contributed by atoms with E-state index in [0.717, 1.165) is 13.1 Å². The lowest BCUT2D eigenvalue weighted by Gasteiger charge is -2.38. The number of primary amides is 1. The molecule has 1 fully saturated rings. The van der Waals surface area contributed by atoms with Gasteiger partial charge in [0.2, 0.25) is 5.91 Å². The molecule has 4 N–H and O–H groups in total. The highest BCUT2D eigenvalue weighted by Gasteiger charge is 2.30. The summed E-state index contributed by atoms with van der Waals surface area (Å²) in [5.74, 6) is -0.402. The van der Waals surface area contributed by atoms with Crippen molar-refractivity contribution in [3.63, 3.8) is 0 Å². The number of rotatable bonds is 3. The van der Waals surface area contributed by atoms with Crippen LogP contribution in [0.1, 0.15) is 20.8 Å². The fourth-order valence-corrected chi connectivity index (χ4v) is 1.90. The zero-order valence-corrected chi connectivity index (χ0v) is 10.9. The van der Waals surface area contributed by atoms with Gasteiger partial charge in [-0.1, -0.05) is 0 Å². The number of hydrogen-bond donors (Lipinski definition) is 2. The van der Waals surface area contributed by atoms with Gasteiger partial charge in [-0.3, -0.25) is 9.69 Å². The quantitative estimate of drug-likeness (QED) is 0.723. The molecule has 1 heterocycles. The standard InChI is InChI=1S/C10H21N3O2.ClH/c1-7-4-13(6-10(2,3)12)5-8(15-7)9(11)14;/h7-8H,4-6,12H2,1-3H3,(H2,11,14);1H/t7-,8?;/m1./s1. The highest BCUT2D eigenvalue weighted by Crippen LogP contribution is 2.13. The molecule has 1 saturated heterocycles. The molecule has 5 nitrogen and oxygen atoms in total. The Bertz CT molecular complexity index is 243. The van der Waals surface area contributed by atoms with Crippen LogP contribution in [-0.2, 0) is 9.53 Å². The minimum absolute atomic E-state index is 0. The summed E-state index contributed by atoms with van der Waals surface area (Å²) in [4.78, 5) is 13.2. The molecule has 0 aliphatic carbocycles. The van der Waals surface area contributed by atoms with Gasteiger partial charge in [-0.2, -0.15) is 0 Å². The van der Waals surface area contributed by atoms with Gasteiger partial charge in [0.25, 0.3) is 0 Å². The largest absolute Gasteiger partial charge is 0.367 e. The second kappa shape index (κ2) is 5.82. The van der Waals surface area contributed by atoms with E-state index in [9.17, 15) is 4.79 Å². The summed E-state index contributed by atoms with van der Waals surface area (Å²) in [7, 11) is 0. The Labute approximate surface area is 103 Å². The number of halogens is 1. The molecule has 0 spiro atoms. The number of carbonyl (C=O) groups excluding carboxylic acids is 1. The van der Waals surface area contributed by atoms with Crippen molar-refractivity contribution in [3.05, 3.63) is 0 Å². The van der Waals surface area contributed by atoms with Crippen molar-refractivity contribution in [1.82, 2.24) is 4.90 Å². The van der Waals surface area contributed by atoms with Gasteiger partial charge in [-0.15, -0.1) is 12.4 Å². The minimum Gasteiger partial charge on any atom is -0.367 e. The van der Waals surface area contributed by atoms with E-state index in [0.29, 0.717) is 6.54 Å². The molecule has 1 rings (SSSR count). The van der Waals surface area contributed by atoms with Gasteiger partial charge in [0.15, 0.2) is 0 Å². The fourth-order valence-electron chi connectivity index (χ4n) is 1.90. The number of ether oxygens (including phenoxy) is 1. The van der Waals surface area contributed by atoms with Crippen LogP contribution < -0.4 is 11.5 Å². The molecule has 0 aromatic rings. The van der Waals surface area contributed by atoms with E-state index in [4.69, 9.17) is 16.2 Å². The molecule has 0 aromatic heterocycles. The topological polar surface area (TPSA) is 81.6 Å². The third-order valence-corrected chi connectivity index (χ3v) is 2.28. The SMILES string of the molecule is C[C@@H]1CN(CC(C)(C)N)CC(C(N)=O)O1.Cl. The predicted molar refractivity (Wildman–Crippen MR) is 65.5 cm³/mol. The summed E-state index contributed by atoms with van der Waals surface area (Å²) in [6.45, 7) is 7.94. The van der Waals surface area contributed by atoms with Crippen LogP contribution in [0.25, 0.3) is 0 Å². The number of morpholine rings is 1. The highest BCUT2D eigenvalue weighted by molar-refractivity contribution is 5.85. The highest BCUT2D eigenvalue weighted by atomic mass is 35.5. The van der Waals surface area contributed by atoms with Crippen molar-refractivity contribution in [2.75, 3.05) is 19.6 Å².